The lowest BCUT2D eigenvalue weighted by molar-refractivity contribution is -0.128. The predicted octanol–water partition coefficient (Wildman–Crippen LogP) is 5.32. The van der Waals surface area contributed by atoms with Crippen LogP contribution in [0.5, 0.6) is 0 Å². The van der Waals surface area contributed by atoms with Crippen molar-refractivity contribution in [3.63, 3.8) is 0 Å². The van der Waals surface area contributed by atoms with E-state index in [4.69, 9.17) is 0 Å². The number of para-hydroxylation sites is 1. The average Bonchev–Trinajstić information content (AvgIpc) is 3.29. The molecule has 31 heavy (non-hydrogen) atoms. The molecule has 0 bridgehead atoms. The van der Waals surface area contributed by atoms with Crippen LogP contribution >= 0.6 is 23.1 Å². The smallest absolute Gasteiger partial charge is 0.241 e. The molecule has 4 nitrogen and oxygen atoms in total. The summed E-state index contributed by atoms with van der Waals surface area (Å²) in [4.78, 5) is 30.5. The van der Waals surface area contributed by atoms with E-state index < -0.39 is 11.2 Å². The first-order valence-corrected chi connectivity index (χ1v) is 12.1. The molecule has 3 aromatic rings. The quantitative estimate of drug-likeness (QED) is 0.553. The number of fused-ring (bicyclic) bond motifs is 1. The van der Waals surface area contributed by atoms with Crippen LogP contribution in [-0.4, -0.2) is 17.1 Å². The standard InChI is InChI=1S/C25H26N2O2S2/c1-16-10-11-17(2)19(13-16)15-27-21-8-4-5-9-22(21)31-23(25(27)29)18(3)24(28)26-14-20-7-6-12-30-20/h4-13,18,23H,14-15H2,1-3H3,(H,26,28)/t18-,23-/m1/s1. The molecular formula is C25H26N2O2S2. The molecule has 0 fully saturated rings. The molecule has 2 heterocycles. The first kappa shape index (κ1) is 21.7. The van der Waals surface area contributed by atoms with E-state index in [0.717, 1.165) is 26.6 Å². The van der Waals surface area contributed by atoms with Gasteiger partial charge >= 0.3 is 0 Å². The second-order valence-corrected chi connectivity index (χ2v) is 10.2. The Balaban J connectivity index is 1.58. The highest BCUT2D eigenvalue weighted by Gasteiger charge is 2.39. The fourth-order valence-electron chi connectivity index (χ4n) is 3.75. The molecule has 0 unspecified atom stereocenters. The normalized spacial score (nSPS) is 16.7. The van der Waals surface area contributed by atoms with Crippen molar-refractivity contribution >= 4 is 40.6 Å². The Bertz CT molecular complexity index is 1090. The highest BCUT2D eigenvalue weighted by molar-refractivity contribution is 8.01. The van der Waals surface area contributed by atoms with E-state index >= 15 is 0 Å². The van der Waals surface area contributed by atoms with Gasteiger partial charge in [0, 0.05) is 9.77 Å². The summed E-state index contributed by atoms with van der Waals surface area (Å²) < 4.78 is 0. The first-order chi connectivity index (χ1) is 14.9. The van der Waals surface area contributed by atoms with Crippen molar-refractivity contribution in [1.82, 2.24) is 5.32 Å². The van der Waals surface area contributed by atoms with Crippen molar-refractivity contribution in [2.45, 2.75) is 44.0 Å². The van der Waals surface area contributed by atoms with Crippen LogP contribution in [0.4, 0.5) is 5.69 Å². The number of carbonyl (C=O) groups is 2. The Morgan fingerprint density at radius 3 is 2.71 bits per heavy atom. The highest BCUT2D eigenvalue weighted by atomic mass is 32.2. The van der Waals surface area contributed by atoms with Gasteiger partial charge in [0.15, 0.2) is 0 Å². The average molecular weight is 451 g/mol. The Labute approximate surface area is 191 Å². The van der Waals surface area contributed by atoms with Gasteiger partial charge < -0.3 is 10.2 Å². The number of rotatable bonds is 6. The van der Waals surface area contributed by atoms with Crippen LogP contribution in [0.1, 0.15) is 28.5 Å². The zero-order chi connectivity index (χ0) is 22.0. The molecule has 2 aromatic carbocycles. The molecule has 1 aliphatic rings. The van der Waals surface area contributed by atoms with Crippen LogP contribution in [0.25, 0.3) is 0 Å². The van der Waals surface area contributed by atoms with Crippen molar-refractivity contribution in [2.24, 2.45) is 5.92 Å². The van der Waals surface area contributed by atoms with Crippen LogP contribution in [0.2, 0.25) is 0 Å². The van der Waals surface area contributed by atoms with Crippen LogP contribution in [0.3, 0.4) is 0 Å². The number of aryl methyl sites for hydroxylation is 2. The third-order valence-electron chi connectivity index (χ3n) is 5.64. The SMILES string of the molecule is Cc1ccc(C)c(CN2C(=O)[C@@H]([C@@H](C)C(=O)NCc3cccs3)Sc3ccccc32)c1. The molecule has 0 saturated carbocycles. The molecule has 2 amide bonds. The van der Waals surface area contributed by atoms with Gasteiger partial charge in [-0.15, -0.1) is 23.1 Å². The summed E-state index contributed by atoms with van der Waals surface area (Å²) in [5.74, 6) is -0.541. The van der Waals surface area contributed by atoms with Crippen LogP contribution < -0.4 is 10.2 Å². The van der Waals surface area contributed by atoms with Gasteiger partial charge in [-0.2, -0.15) is 0 Å². The van der Waals surface area contributed by atoms with Gasteiger partial charge in [-0.05, 0) is 48.6 Å². The molecule has 2 atom stereocenters. The van der Waals surface area contributed by atoms with E-state index in [1.165, 1.54) is 17.3 Å². The maximum absolute atomic E-state index is 13.6. The van der Waals surface area contributed by atoms with Crippen molar-refractivity contribution in [3.8, 4) is 0 Å². The Hall–Kier alpha value is -2.57. The zero-order valence-electron chi connectivity index (χ0n) is 17.9. The number of benzene rings is 2. The molecule has 1 N–H and O–H groups in total. The van der Waals surface area contributed by atoms with Crippen molar-refractivity contribution in [3.05, 3.63) is 81.5 Å². The molecule has 0 saturated heterocycles. The summed E-state index contributed by atoms with van der Waals surface area (Å²) in [5.41, 5.74) is 4.38. The summed E-state index contributed by atoms with van der Waals surface area (Å²) in [5, 5.41) is 4.53. The zero-order valence-corrected chi connectivity index (χ0v) is 19.6. The van der Waals surface area contributed by atoms with Gasteiger partial charge in [-0.1, -0.05) is 48.9 Å². The summed E-state index contributed by atoms with van der Waals surface area (Å²) in [6.07, 6.45) is 0. The number of amides is 2. The minimum atomic E-state index is -0.455. The lowest BCUT2D eigenvalue weighted by atomic mass is 10.0. The fraction of sp³-hybridized carbons (Fsp3) is 0.280. The fourth-order valence-corrected chi connectivity index (χ4v) is 5.68. The Morgan fingerprint density at radius 2 is 1.94 bits per heavy atom. The number of hydrogen-bond acceptors (Lipinski definition) is 4. The van der Waals surface area contributed by atoms with Crippen LogP contribution in [0, 0.1) is 19.8 Å². The Morgan fingerprint density at radius 1 is 1.13 bits per heavy atom. The summed E-state index contributed by atoms with van der Waals surface area (Å²) >= 11 is 3.11. The van der Waals surface area contributed by atoms with Gasteiger partial charge in [0.25, 0.3) is 0 Å². The first-order valence-electron chi connectivity index (χ1n) is 10.4. The second-order valence-electron chi connectivity index (χ2n) is 7.95. The lowest BCUT2D eigenvalue weighted by Crippen LogP contribution is -2.47. The van der Waals surface area contributed by atoms with E-state index in [2.05, 4.69) is 37.4 Å². The van der Waals surface area contributed by atoms with Crippen molar-refractivity contribution in [1.29, 1.82) is 0 Å². The molecule has 0 radical (unpaired) electrons. The molecule has 0 spiro atoms. The maximum atomic E-state index is 13.6. The van der Waals surface area contributed by atoms with Crippen LogP contribution in [0.15, 0.2) is 64.9 Å². The molecule has 1 aliphatic heterocycles. The largest absolute Gasteiger partial charge is 0.351 e. The second kappa shape index (κ2) is 9.28. The summed E-state index contributed by atoms with van der Waals surface area (Å²) in [6.45, 7) is 6.98. The number of hydrogen-bond donors (Lipinski definition) is 1. The van der Waals surface area contributed by atoms with Gasteiger partial charge in [-0.3, -0.25) is 9.59 Å². The van der Waals surface area contributed by atoms with Gasteiger partial charge in [0.2, 0.25) is 11.8 Å². The summed E-state index contributed by atoms with van der Waals surface area (Å²) in [7, 11) is 0. The maximum Gasteiger partial charge on any atom is 0.241 e. The van der Waals surface area contributed by atoms with E-state index in [1.54, 1.807) is 11.3 Å². The monoisotopic (exact) mass is 450 g/mol. The van der Waals surface area contributed by atoms with E-state index in [9.17, 15) is 9.59 Å². The summed E-state index contributed by atoms with van der Waals surface area (Å²) in [6, 6.07) is 18.3. The number of thioether (sulfide) groups is 1. The molecule has 1 aromatic heterocycles. The molecule has 0 aliphatic carbocycles. The van der Waals surface area contributed by atoms with Crippen molar-refractivity contribution in [2.75, 3.05) is 4.90 Å². The van der Waals surface area contributed by atoms with Gasteiger partial charge in [0.05, 0.1) is 24.7 Å². The molecular weight excluding hydrogens is 424 g/mol. The third kappa shape index (κ3) is 4.70. The number of nitrogens with zero attached hydrogens (tertiary/aromatic N) is 1. The molecule has 160 valence electrons. The Kier molecular flexibility index (Phi) is 6.49. The minimum absolute atomic E-state index is 0.0108. The van der Waals surface area contributed by atoms with Gasteiger partial charge in [0.1, 0.15) is 5.25 Å². The van der Waals surface area contributed by atoms with Crippen molar-refractivity contribution < 1.29 is 9.59 Å². The molecule has 6 heteroatoms. The topological polar surface area (TPSA) is 49.4 Å². The number of nitrogens with one attached hydrogen (secondary N) is 1. The van der Waals surface area contributed by atoms with E-state index in [0.29, 0.717) is 13.1 Å². The number of carbonyl (C=O) groups excluding carboxylic acids is 2. The third-order valence-corrected chi connectivity index (χ3v) is 7.98. The van der Waals surface area contributed by atoms with E-state index in [-0.39, 0.29) is 11.8 Å². The number of anilines is 1. The lowest BCUT2D eigenvalue weighted by Gasteiger charge is -2.36. The minimum Gasteiger partial charge on any atom is -0.351 e. The molecule has 4 rings (SSSR count). The van der Waals surface area contributed by atoms with E-state index in [1.807, 2.05) is 53.6 Å². The predicted molar refractivity (Wildman–Crippen MR) is 129 cm³/mol. The van der Waals surface area contributed by atoms with Crippen LogP contribution in [-0.2, 0) is 22.7 Å². The highest BCUT2D eigenvalue weighted by Crippen LogP contribution is 2.42. The van der Waals surface area contributed by atoms with Gasteiger partial charge in [-0.25, -0.2) is 0 Å². The number of thiophene rings is 1.